The summed E-state index contributed by atoms with van der Waals surface area (Å²) in [7, 11) is 0. The van der Waals surface area contributed by atoms with Crippen LogP contribution in [0, 0.1) is 0 Å². The van der Waals surface area contributed by atoms with Gasteiger partial charge in [-0.3, -0.25) is 0 Å². The Labute approximate surface area is 95.6 Å². The van der Waals surface area contributed by atoms with Crippen LogP contribution in [0.3, 0.4) is 0 Å². The Morgan fingerprint density at radius 1 is 1.25 bits per heavy atom. The van der Waals surface area contributed by atoms with E-state index in [1.54, 1.807) is 24.3 Å². The van der Waals surface area contributed by atoms with Gasteiger partial charge in [0.25, 0.3) is 0 Å². The molecule has 0 heterocycles. The third-order valence-corrected chi connectivity index (χ3v) is 2.95. The molecule has 0 amide bonds. The van der Waals surface area contributed by atoms with E-state index in [0.29, 0.717) is 11.3 Å². The fourth-order valence-corrected chi connectivity index (χ4v) is 2.07. The molecule has 1 saturated carbocycles. The standard InChI is InChI=1S/C13H17NO2/c14-11-6-4-5-10(9-11)13(15)16-12-7-2-1-3-8-12/h4-6,9,12H,1-3,7-8,14H2. The average Bonchev–Trinajstić information content (AvgIpc) is 2.30. The summed E-state index contributed by atoms with van der Waals surface area (Å²) >= 11 is 0. The van der Waals surface area contributed by atoms with Gasteiger partial charge in [-0.05, 0) is 43.9 Å². The van der Waals surface area contributed by atoms with E-state index in [1.807, 2.05) is 0 Å². The number of hydrogen-bond acceptors (Lipinski definition) is 3. The second-order valence-corrected chi connectivity index (χ2v) is 4.29. The minimum atomic E-state index is -0.251. The Morgan fingerprint density at radius 3 is 2.69 bits per heavy atom. The molecule has 2 N–H and O–H groups in total. The summed E-state index contributed by atoms with van der Waals surface area (Å²) in [6.07, 6.45) is 5.67. The van der Waals surface area contributed by atoms with Gasteiger partial charge in [0.1, 0.15) is 6.10 Å². The lowest BCUT2D eigenvalue weighted by atomic mass is 9.98. The Hall–Kier alpha value is -1.51. The maximum Gasteiger partial charge on any atom is 0.338 e. The van der Waals surface area contributed by atoms with Gasteiger partial charge in [-0.25, -0.2) is 4.79 Å². The van der Waals surface area contributed by atoms with E-state index in [4.69, 9.17) is 10.5 Å². The number of carbonyl (C=O) groups excluding carboxylic acids is 1. The molecular formula is C13H17NO2. The van der Waals surface area contributed by atoms with Crippen molar-refractivity contribution in [1.82, 2.24) is 0 Å². The molecule has 1 fully saturated rings. The summed E-state index contributed by atoms with van der Waals surface area (Å²) in [5, 5.41) is 0. The van der Waals surface area contributed by atoms with Crippen molar-refractivity contribution in [2.75, 3.05) is 5.73 Å². The number of nitrogen functional groups attached to an aromatic ring is 1. The first-order valence-corrected chi connectivity index (χ1v) is 5.82. The predicted molar refractivity (Wildman–Crippen MR) is 63.1 cm³/mol. The topological polar surface area (TPSA) is 52.3 Å². The molecule has 0 atom stereocenters. The smallest absolute Gasteiger partial charge is 0.338 e. The van der Waals surface area contributed by atoms with Crippen molar-refractivity contribution in [3.63, 3.8) is 0 Å². The molecule has 0 radical (unpaired) electrons. The molecule has 16 heavy (non-hydrogen) atoms. The molecule has 86 valence electrons. The van der Waals surface area contributed by atoms with Crippen LogP contribution in [0.25, 0.3) is 0 Å². The van der Waals surface area contributed by atoms with Crippen molar-refractivity contribution in [1.29, 1.82) is 0 Å². The Kier molecular flexibility index (Phi) is 3.44. The van der Waals surface area contributed by atoms with Gasteiger partial charge >= 0.3 is 5.97 Å². The van der Waals surface area contributed by atoms with Gasteiger partial charge in [0.2, 0.25) is 0 Å². The van der Waals surface area contributed by atoms with Gasteiger partial charge in [-0.15, -0.1) is 0 Å². The van der Waals surface area contributed by atoms with Crippen molar-refractivity contribution >= 4 is 11.7 Å². The maximum atomic E-state index is 11.8. The predicted octanol–water partition coefficient (Wildman–Crippen LogP) is 2.76. The fraction of sp³-hybridized carbons (Fsp3) is 0.462. The minimum Gasteiger partial charge on any atom is -0.459 e. The third kappa shape index (κ3) is 2.75. The molecule has 1 aliphatic rings. The summed E-state index contributed by atoms with van der Waals surface area (Å²) in [6, 6.07) is 6.93. The third-order valence-electron chi connectivity index (χ3n) is 2.95. The highest BCUT2D eigenvalue weighted by Gasteiger charge is 2.18. The molecule has 0 spiro atoms. The van der Waals surface area contributed by atoms with Crippen molar-refractivity contribution in [2.45, 2.75) is 38.2 Å². The molecule has 3 nitrogen and oxygen atoms in total. The van der Waals surface area contributed by atoms with Crippen LogP contribution in [-0.4, -0.2) is 12.1 Å². The van der Waals surface area contributed by atoms with Crippen LogP contribution in [0.15, 0.2) is 24.3 Å². The summed E-state index contributed by atoms with van der Waals surface area (Å²) in [6.45, 7) is 0. The van der Waals surface area contributed by atoms with E-state index < -0.39 is 0 Å². The maximum absolute atomic E-state index is 11.8. The zero-order chi connectivity index (χ0) is 11.4. The summed E-state index contributed by atoms with van der Waals surface area (Å²) < 4.78 is 5.44. The molecule has 0 unspecified atom stereocenters. The number of carbonyl (C=O) groups is 1. The number of rotatable bonds is 2. The molecule has 2 rings (SSSR count). The SMILES string of the molecule is Nc1cccc(C(=O)OC2CCCCC2)c1. The van der Waals surface area contributed by atoms with Gasteiger partial charge in [-0.2, -0.15) is 0 Å². The van der Waals surface area contributed by atoms with Crippen molar-refractivity contribution in [3.8, 4) is 0 Å². The molecule has 3 heteroatoms. The molecule has 1 aromatic carbocycles. The van der Waals surface area contributed by atoms with Crippen LogP contribution in [0.4, 0.5) is 5.69 Å². The first-order chi connectivity index (χ1) is 7.75. The molecule has 1 aliphatic carbocycles. The summed E-state index contributed by atoms with van der Waals surface area (Å²) in [4.78, 5) is 11.8. The van der Waals surface area contributed by atoms with Crippen molar-refractivity contribution in [3.05, 3.63) is 29.8 Å². The van der Waals surface area contributed by atoms with Crippen LogP contribution < -0.4 is 5.73 Å². The number of nitrogens with two attached hydrogens (primary N) is 1. The highest BCUT2D eigenvalue weighted by Crippen LogP contribution is 2.21. The first kappa shape index (κ1) is 11.0. The quantitative estimate of drug-likeness (QED) is 0.614. The zero-order valence-electron chi connectivity index (χ0n) is 9.32. The summed E-state index contributed by atoms with van der Waals surface area (Å²) in [5.74, 6) is -0.251. The molecule has 0 bridgehead atoms. The zero-order valence-corrected chi connectivity index (χ0v) is 9.32. The lowest BCUT2D eigenvalue weighted by Gasteiger charge is -2.21. The number of hydrogen-bond donors (Lipinski definition) is 1. The van der Waals surface area contributed by atoms with Crippen molar-refractivity contribution < 1.29 is 9.53 Å². The van der Waals surface area contributed by atoms with Crippen LogP contribution in [0.1, 0.15) is 42.5 Å². The van der Waals surface area contributed by atoms with E-state index in [-0.39, 0.29) is 12.1 Å². The van der Waals surface area contributed by atoms with Gasteiger partial charge in [-0.1, -0.05) is 12.5 Å². The van der Waals surface area contributed by atoms with E-state index in [0.717, 1.165) is 25.7 Å². The monoisotopic (exact) mass is 219 g/mol. The minimum absolute atomic E-state index is 0.0997. The van der Waals surface area contributed by atoms with Crippen LogP contribution in [0.5, 0.6) is 0 Å². The van der Waals surface area contributed by atoms with Gasteiger partial charge in [0.15, 0.2) is 0 Å². The molecule has 0 aromatic heterocycles. The second-order valence-electron chi connectivity index (χ2n) is 4.29. The first-order valence-electron chi connectivity index (χ1n) is 5.82. The second kappa shape index (κ2) is 5.01. The average molecular weight is 219 g/mol. The summed E-state index contributed by atoms with van der Waals surface area (Å²) in [5.41, 5.74) is 6.76. The highest BCUT2D eigenvalue weighted by atomic mass is 16.5. The number of benzene rings is 1. The van der Waals surface area contributed by atoms with Gasteiger partial charge < -0.3 is 10.5 Å². The Morgan fingerprint density at radius 2 is 2.00 bits per heavy atom. The molecule has 0 aliphatic heterocycles. The Bertz CT molecular complexity index is 370. The van der Waals surface area contributed by atoms with Crippen molar-refractivity contribution in [2.24, 2.45) is 0 Å². The lowest BCUT2D eigenvalue weighted by molar-refractivity contribution is 0.0211. The highest BCUT2D eigenvalue weighted by molar-refractivity contribution is 5.90. The van der Waals surface area contributed by atoms with E-state index in [9.17, 15) is 4.79 Å². The normalized spacial score (nSPS) is 17.0. The van der Waals surface area contributed by atoms with Gasteiger partial charge in [0, 0.05) is 5.69 Å². The van der Waals surface area contributed by atoms with Crippen LogP contribution in [-0.2, 0) is 4.74 Å². The van der Waals surface area contributed by atoms with E-state index in [2.05, 4.69) is 0 Å². The van der Waals surface area contributed by atoms with Crippen LogP contribution >= 0.6 is 0 Å². The van der Waals surface area contributed by atoms with E-state index >= 15 is 0 Å². The number of ether oxygens (including phenoxy) is 1. The largest absolute Gasteiger partial charge is 0.459 e. The fourth-order valence-electron chi connectivity index (χ4n) is 2.07. The number of anilines is 1. The lowest BCUT2D eigenvalue weighted by Crippen LogP contribution is -2.20. The molecular weight excluding hydrogens is 202 g/mol. The molecule has 0 saturated heterocycles. The Balaban J connectivity index is 1.97. The number of esters is 1. The molecule has 1 aromatic rings. The van der Waals surface area contributed by atoms with Gasteiger partial charge in [0.05, 0.1) is 5.56 Å². The van der Waals surface area contributed by atoms with Crippen LogP contribution in [0.2, 0.25) is 0 Å². The van der Waals surface area contributed by atoms with E-state index in [1.165, 1.54) is 6.42 Å².